The number of aryl methyl sites for hydroxylation is 1. The summed E-state index contributed by atoms with van der Waals surface area (Å²) in [4.78, 5) is 0. The van der Waals surface area contributed by atoms with Crippen molar-refractivity contribution in [2.24, 2.45) is 0 Å². The molecule has 0 aliphatic rings. The van der Waals surface area contributed by atoms with Gasteiger partial charge in [0.1, 0.15) is 5.75 Å². The van der Waals surface area contributed by atoms with Crippen LogP contribution in [0.15, 0.2) is 18.3 Å². The second-order valence-electron chi connectivity index (χ2n) is 5.44. The van der Waals surface area contributed by atoms with Crippen LogP contribution in [0.1, 0.15) is 19.4 Å². The van der Waals surface area contributed by atoms with E-state index in [-0.39, 0.29) is 0 Å². The van der Waals surface area contributed by atoms with Crippen molar-refractivity contribution >= 4 is 27.8 Å². The van der Waals surface area contributed by atoms with Crippen LogP contribution in [0.4, 0.5) is 5.69 Å². The summed E-state index contributed by atoms with van der Waals surface area (Å²) in [6, 6.07) is 3.88. The van der Waals surface area contributed by atoms with Gasteiger partial charge in [-0.05, 0) is 26.0 Å². The highest BCUT2D eigenvalue weighted by Crippen LogP contribution is 2.31. The Kier molecular flexibility index (Phi) is 4.27. The smallest absolute Gasteiger partial charge is 0.124 e. The summed E-state index contributed by atoms with van der Waals surface area (Å²) in [5.74, 6) is 0.589. The fourth-order valence-electron chi connectivity index (χ4n) is 2.17. The molecule has 2 N–H and O–H groups in total. The zero-order valence-electron chi connectivity index (χ0n) is 12.3. The SMILES string of the molecule is CNc1cc2cn(CC[S+](C)[O-])nc2cc1C(C)(C)O. The van der Waals surface area contributed by atoms with Crippen LogP contribution in [0.5, 0.6) is 0 Å². The van der Waals surface area contributed by atoms with Gasteiger partial charge in [0, 0.05) is 29.9 Å². The van der Waals surface area contributed by atoms with Crippen LogP contribution in [-0.2, 0) is 23.3 Å². The fraction of sp³-hybridized carbons (Fsp3) is 0.500. The number of hydrogen-bond donors (Lipinski definition) is 2. The van der Waals surface area contributed by atoms with Gasteiger partial charge < -0.3 is 15.0 Å². The summed E-state index contributed by atoms with van der Waals surface area (Å²) in [6.07, 6.45) is 3.63. The lowest BCUT2D eigenvalue weighted by Crippen LogP contribution is -2.17. The average Bonchev–Trinajstić information content (AvgIpc) is 2.75. The van der Waals surface area contributed by atoms with Gasteiger partial charge in [0.15, 0.2) is 0 Å². The Morgan fingerprint density at radius 3 is 2.70 bits per heavy atom. The molecular weight excluding hydrogens is 274 g/mol. The van der Waals surface area contributed by atoms with Gasteiger partial charge >= 0.3 is 0 Å². The first-order valence-corrected chi connectivity index (χ1v) is 8.26. The number of hydrogen-bond acceptors (Lipinski definition) is 4. The van der Waals surface area contributed by atoms with E-state index in [4.69, 9.17) is 0 Å². The first-order chi connectivity index (χ1) is 9.31. The number of nitrogens with zero attached hydrogens (tertiary/aromatic N) is 2. The van der Waals surface area contributed by atoms with E-state index in [0.717, 1.165) is 22.2 Å². The Bertz CT molecular complexity index is 602. The summed E-state index contributed by atoms with van der Waals surface area (Å²) >= 11 is -0.825. The van der Waals surface area contributed by atoms with E-state index in [2.05, 4.69) is 10.4 Å². The van der Waals surface area contributed by atoms with E-state index in [0.29, 0.717) is 12.3 Å². The van der Waals surface area contributed by atoms with Crippen molar-refractivity contribution in [2.45, 2.75) is 26.0 Å². The second-order valence-corrected chi connectivity index (χ2v) is 6.99. The predicted molar refractivity (Wildman–Crippen MR) is 83.5 cm³/mol. The molecule has 0 radical (unpaired) electrons. The van der Waals surface area contributed by atoms with Crippen LogP contribution in [0.25, 0.3) is 10.9 Å². The lowest BCUT2D eigenvalue weighted by atomic mass is 9.95. The molecule has 1 atom stereocenters. The zero-order valence-corrected chi connectivity index (χ0v) is 13.1. The third-order valence-electron chi connectivity index (χ3n) is 3.23. The molecule has 2 rings (SSSR count). The highest BCUT2D eigenvalue weighted by atomic mass is 32.2. The van der Waals surface area contributed by atoms with Gasteiger partial charge in [-0.25, -0.2) is 0 Å². The van der Waals surface area contributed by atoms with Crippen LogP contribution in [0, 0.1) is 0 Å². The van der Waals surface area contributed by atoms with E-state index in [9.17, 15) is 9.66 Å². The second kappa shape index (κ2) is 5.63. The molecule has 1 aromatic carbocycles. The van der Waals surface area contributed by atoms with Gasteiger partial charge in [0.25, 0.3) is 0 Å². The van der Waals surface area contributed by atoms with Crippen LogP contribution in [0.3, 0.4) is 0 Å². The maximum absolute atomic E-state index is 11.1. The quantitative estimate of drug-likeness (QED) is 0.823. The first-order valence-electron chi connectivity index (χ1n) is 6.53. The van der Waals surface area contributed by atoms with Crippen molar-refractivity contribution in [1.82, 2.24) is 9.78 Å². The first kappa shape index (κ1) is 15.2. The highest BCUT2D eigenvalue weighted by molar-refractivity contribution is 7.90. The number of anilines is 1. The van der Waals surface area contributed by atoms with E-state index < -0.39 is 16.8 Å². The number of benzene rings is 1. The third-order valence-corrected chi connectivity index (χ3v) is 3.98. The van der Waals surface area contributed by atoms with Gasteiger partial charge in [0.05, 0.1) is 23.9 Å². The van der Waals surface area contributed by atoms with E-state index in [1.165, 1.54) is 0 Å². The standard InChI is InChI=1S/C14H21N3O2S/c1-14(2,18)11-8-12-10(7-13(11)15-3)9-17(16-12)5-6-20(4)19/h7-9,15,18H,5-6H2,1-4H3. The molecule has 110 valence electrons. The minimum Gasteiger partial charge on any atom is -0.617 e. The minimum atomic E-state index is -0.929. The van der Waals surface area contributed by atoms with Crippen molar-refractivity contribution in [3.8, 4) is 0 Å². The number of fused-ring (bicyclic) bond motifs is 1. The lowest BCUT2D eigenvalue weighted by Gasteiger charge is -2.21. The van der Waals surface area contributed by atoms with Crippen LogP contribution in [0.2, 0.25) is 0 Å². The summed E-state index contributed by atoms with van der Waals surface area (Å²) in [7, 11) is 1.83. The van der Waals surface area contributed by atoms with Crippen LogP contribution in [-0.4, -0.2) is 38.5 Å². The van der Waals surface area contributed by atoms with Crippen molar-refractivity contribution in [3.63, 3.8) is 0 Å². The molecule has 0 aliphatic heterocycles. The van der Waals surface area contributed by atoms with Crippen molar-refractivity contribution in [2.75, 3.05) is 24.4 Å². The largest absolute Gasteiger partial charge is 0.617 e. The van der Waals surface area contributed by atoms with Crippen LogP contribution < -0.4 is 5.32 Å². The molecule has 0 spiro atoms. The van der Waals surface area contributed by atoms with Crippen LogP contribution >= 0.6 is 0 Å². The third kappa shape index (κ3) is 3.26. The molecule has 0 bridgehead atoms. The predicted octanol–water partition coefficient (Wildman–Crippen LogP) is 1.68. The maximum atomic E-state index is 11.1. The molecular formula is C14H21N3O2S. The molecule has 2 aromatic rings. The molecule has 0 saturated carbocycles. The molecule has 0 amide bonds. The molecule has 0 aliphatic carbocycles. The minimum absolute atomic E-state index is 0.589. The fourth-order valence-corrected chi connectivity index (χ4v) is 2.62. The van der Waals surface area contributed by atoms with Crippen molar-refractivity contribution < 1.29 is 9.66 Å². The van der Waals surface area contributed by atoms with Gasteiger partial charge in [-0.3, -0.25) is 4.68 Å². The number of rotatable bonds is 5. The number of aromatic nitrogens is 2. The summed E-state index contributed by atoms with van der Waals surface area (Å²) in [6.45, 7) is 4.14. The summed E-state index contributed by atoms with van der Waals surface area (Å²) < 4.78 is 13.0. The highest BCUT2D eigenvalue weighted by Gasteiger charge is 2.21. The zero-order chi connectivity index (χ0) is 14.9. The summed E-state index contributed by atoms with van der Waals surface area (Å²) in [5.41, 5.74) is 1.62. The van der Waals surface area contributed by atoms with E-state index in [1.54, 1.807) is 24.8 Å². The Hall–Kier alpha value is -1.24. The Labute approximate surface area is 122 Å². The molecule has 0 fully saturated rings. The van der Waals surface area contributed by atoms with Gasteiger partial charge in [-0.1, -0.05) is 11.2 Å². The topological polar surface area (TPSA) is 73.1 Å². The molecule has 6 heteroatoms. The van der Waals surface area contributed by atoms with Crippen molar-refractivity contribution in [3.05, 3.63) is 23.9 Å². The molecule has 5 nitrogen and oxygen atoms in total. The molecule has 1 aromatic heterocycles. The lowest BCUT2D eigenvalue weighted by molar-refractivity contribution is 0.0794. The van der Waals surface area contributed by atoms with Crippen molar-refractivity contribution in [1.29, 1.82) is 0 Å². The monoisotopic (exact) mass is 295 g/mol. The Morgan fingerprint density at radius 1 is 1.45 bits per heavy atom. The molecule has 20 heavy (non-hydrogen) atoms. The van der Waals surface area contributed by atoms with Gasteiger partial charge in [-0.15, -0.1) is 0 Å². The Morgan fingerprint density at radius 2 is 2.15 bits per heavy atom. The maximum Gasteiger partial charge on any atom is 0.124 e. The molecule has 1 unspecified atom stereocenters. The normalized spacial score (nSPS) is 13.7. The van der Waals surface area contributed by atoms with Gasteiger partial charge in [0.2, 0.25) is 0 Å². The summed E-state index contributed by atoms with van der Waals surface area (Å²) in [5, 5.41) is 18.8. The molecule has 1 heterocycles. The number of nitrogens with one attached hydrogen (secondary N) is 1. The molecule has 0 saturated heterocycles. The van der Waals surface area contributed by atoms with Gasteiger partial charge in [-0.2, -0.15) is 5.10 Å². The number of aliphatic hydroxyl groups is 1. The average molecular weight is 295 g/mol. The Balaban J connectivity index is 2.42. The van der Waals surface area contributed by atoms with E-state index in [1.807, 2.05) is 25.4 Å². The van der Waals surface area contributed by atoms with E-state index >= 15 is 0 Å².